The number of carbonyl (C=O) groups excluding carboxylic acids is 1. The van der Waals surface area contributed by atoms with Gasteiger partial charge in [0, 0.05) is 10.8 Å². The van der Waals surface area contributed by atoms with Gasteiger partial charge in [-0.25, -0.2) is 0 Å². The van der Waals surface area contributed by atoms with Crippen LogP contribution in [0.5, 0.6) is 0 Å². The molecule has 0 aromatic heterocycles. The molecule has 0 radical (unpaired) electrons. The number of ketones is 1. The van der Waals surface area contributed by atoms with Crippen molar-refractivity contribution in [2.75, 3.05) is 0 Å². The Balaban J connectivity index is 0.000000111. The fourth-order valence-electron chi connectivity index (χ4n) is 27.0. The number of hydrogen-bond donors (Lipinski definition) is 0. The largest absolute Gasteiger partial charge is 0.298 e. The van der Waals surface area contributed by atoms with E-state index in [1.807, 2.05) is 0 Å². The van der Waals surface area contributed by atoms with Crippen molar-refractivity contribution in [3.8, 4) is 0 Å². The van der Waals surface area contributed by atoms with Gasteiger partial charge in [0.2, 0.25) is 0 Å². The molecule has 1 nitrogen and oxygen atoms in total. The van der Waals surface area contributed by atoms with Crippen LogP contribution >= 0.6 is 0 Å². The second kappa shape index (κ2) is 22.7. The summed E-state index contributed by atoms with van der Waals surface area (Å²) in [6.45, 7) is 58.7. The van der Waals surface area contributed by atoms with Crippen molar-refractivity contribution in [3.05, 3.63) is 0 Å². The van der Waals surface area contributed by atoms with Crippen LogP contribution in [0.3, 0.4) is 0 Å². The van der Waals surface area contributed by atoms with E-state index in [-0.39, 0.29) is 10.8 Å². The maximum absolute atomic E-state index is 13.8. The van der Waals surface area contributed by atoms with Gasteiger partial charge in [-0.2, -0.15) is 0 Å². The smallest absolute Gasteiger partial charge is 0.145 e. The molecule has 0 heterocycles. The van der Waals surface area contributed by atoms with Gasteiger partial charge < -0.3 is 0 Å². The van der Waals surface area contributed by atoms with Gasteiger partial charge >= 0.3 is 0 Å². The Morgan fingerprint density at radius 2 is 0.494 bits per heavy atom. The number of carbonyl (C=O) groups is 1. The first kappa shape index (κ1) is 61.7. The van der Waals surface area contributed by atoms with Crippen LogP contribution in [0.15, 0.2) is 0 Å². The molecule has 1 heteroatoms. The van der Waals surface area contributed by atoms with E-state index in [0.717, 1.165) is 231 Å². The van der Waals surface area contributed by atoms with Crippen LogP contribution in [0.2, 0.25) is 0 Å². The molecule has 16 rings (SSSR count). The molecule has 0 aromatic carbocycles. The highest BCUT2D eigenvalue weighted by molar-refractivity contribution is 5.94. The quantitative estimate of drug-likeness (QED) is 0.221. The Kier molecular flexibility index (Phi) is 17.8. The molecule has 0 saturated heterocycles. The summed E-state index contributed by atoms with van der Waals surface area (Å²) in [6.07, 6.45) is 18.4. The van der Waals surface area contributed by atoms with Gasteiger partial charge in [-0.3, -0.25) is 4.79 Å². The van der Waals surface area contributed by atoms with Crippen molar-refractivity contribution < 1.29 is 4.79 Å². The molecule has 16 aliphatic carbocycles. The second-order valence-electron chi connectivity index (χ2n) is 36.1. The first-order chi connectivity index (χ1) is 37.0. The van der Waals surface area contributed by atoms with Gasteiger partial charge in [-0.15, -0.1) is 0 Å². The zero-order chi connectivity index (χ0) is 57.7. The Morgan fingerprint density at radius 3 is 0.734 bits per heavy atom. The minimum Gasteiger partial charge on any atom is -0.298 e. The topological polar surface area (TPSA) is 17.1 Å². The van der Waals surface area contributed by atoms with Crippen LogP contribution in [-0.2, 0) is 4.79 Å². The normalized spacial score (nSPS) is 62.2. The van der Waals surface area contributed by atoms with E-state index in [4.69, 9.17) is 0 Å². The lowest BCUT2D eigenvalue weighted by molar-refractivity contribution is -0.142. The highest BCUT2D eigenvalue weighted by atomic mass is 16.1. The standard InChI is InChI=1S/C21H32O.C16H26.C12H22.C11H20.C10H20.C8H16/c1-11-13(3)17-7-15(11)9-20(17)5-6-21(19(20)22)10-16-8-18(21)14(4)12(16)2;1-7-8(2)12-5-11(7)15-13-6-14(16(12)15)10(4)9(13)3;1-7-8(2)12-6-5-11(7)9(3)10(12)4;1-6-7(2)11-5-10(6)8(3)9(11)4;1-7-5-9(3)10(4)6-8(7)2;1-5-6(2)8(4)7(5)3/h11-18H,5-10H2,1-4H3;7-16H,5-6H2,1-4H3;7-12H,5-6H2,1-4H3;6-11H,5H2,1-4H3;7-10H,5-6H2,1-4H3;5-8H,1-4H3. The summed E-state index contributed by atoms with van der Waals surface area (Å²) in [5.74, 6) is 38.1. The van der Waals surface area contributed by atoms with Gasteiger partial charge in [0.05, 0.1) is 0 Å². The molecule has 16 saturated carbocycles. The molecule has 0 aliphatic heterocycles. The van der Waals surface area contributed by atoms with E-state index in [1.165, 1.54) is 70.6 Å². The third-order valence-electron chi connectivity index (χ3n) is 34.8. The van der Waals surface area contributed by atoms with E-state index in [1.54, 1.807) is 12.8 Å². The molecule has 0 N–H and O–H groups in total. The number of Topliss-reactive ketones (excluding diaryl/α,β-unsaturated/α-hetero) is 1. The van der Waals surface area contributed by atoms with E-state index < -0.39 is 0 Å². The summed E-state index contributed by atoms with van der Waals surface area (Å²) in [6, 6.07) is 0. The minimum atomic E-state index is 0.129. The molecule has 30 atom stereocenters. The van der Waals surface area contributed by atoms with Crippen molar-refractivity contribution in [1.29, 1.82) is 0 Å². The summed E-state index contributed by atoms with van der Waals surface area (Å²) < 4.78 is 0. The third-order valence-corrected chi connectivity index (χ3v) is 34.8. The van der Waals surface area contributed by atoms with Gasteiger partial charge in [0.25, 0.3) is 0 Å². The molecule has 12 bridgehead atoms. The molecular formula is C78H136O. The van der Waals surface area contributed by atoms with Crippen molar-refractivity contribution in [2.45, 2.75) is 250 Å². The highest BCUT2D eigenvalue weighted by Gasteiger charge is 2.72. The van der Waals surface area contributed by atoms with Crippen LogP contribution in [0, 0.1) is 236 Å². The maximum Gasteiger partial charge on any atom is 0.145 e. The highest BCUT2D eigenvalue weighted by Crippen LogP contribution is 2.75. The monoisotopic (exact) mass is 1090 g/mol. The van der Waals surface area contributed by atoms with Gasteiger partial charge in [0.15, 0.2) is 0 Å². The van der Waals surface area contributed by atoms with Gasteiger partial charge in [0.1, 0.15) is 5.78 Å². The second-order valence-corrected chi connectivity index (χ2v) is 36.1. The van der Waals surface area contributed by atoms with Crippen LogP contribution in [0.4, 0.5) is 0 Å². The van der Waals surface area contributed by atoms with E-state index >= 15 is 0 Å². The lowest BCUT2D eigenvalue weighted by Gasteiger charge is -2.53. The molecule has 79 heavy (non-hydrogen) atoms. The molecule has 16 aliphatic rings. The first-order valence-electron chi connectivity index (χ1n) is 36.6. The van der Waals surface area contributed by atoms with Crippen LogP contribution in [-0.4, -0.2) is 5.78 Å². The Hall–Kier alpha value is -0.330. The lowest BCUT2D eigenvalue weighted by atomic mass is 9.52. The van der Waals surface area contributed by atoms with Crippen LogP contribution < -0.4 is 0 Å². The predicted octanol–water partition coefficient (Wildman–Crippen LogP) is 21.6. The fraction of sp³-hybridized carbons (Fsp3) is 0.987. The third kappa shape index (κ3) is 9.74. The Labute approximate surface area is 493 Å². The summed E-state index contributed by atoms with van der Waals surface area (Å²) in [5.41, 5.74) is 0.258. The number of rotatable bonds is 0. The van der Waals surface area contributed by atoms with Crippen molar-refractivity contribution >= 4 is 5.78 Å². The zero-order valence-corrected chi connectivity index (χ0v) is 57.0. The van der Waals surface area contributed by atoms with E-state index in [0.29, 0.717) is 0 Å². The van der Waals surface area contributed by atoms with Gasteiger partial charge in [-0.1, -0.05) is 166 Å². The van der Waals surface area contributed by atoms with Crippen LogP contribution in [0.25, 0.3) is 0 Å². The average Bonchev–Trinajstić information content (AvgIpc) is 4.53. The molecule has 16 fully saturated rings. The van der Waals surface area contributed by atoms with Crippen molar-refractivity contribution in [3.63, 3.8) is 0 Å². The summed E-state index contributed by atoms with van der Waals surface area (Å²) in [5, 5.41) is 0. The SMILES string of the molecule is CC1C(C)C(C)C1C.CC1C(C)C2CC1C(C)C2C.CC1C(C)C2CC1C1C3CC(C(C)C3C)C21.CC1C(C)C2CCC1C(C)C2C.CC1C2CC(C1C)C1(CCC3(CC4CC3C(C)C4C)C1=O)C2.CC1CC(C)C(C)CC1C. The Morgan fingerprint density at radius 1 is 0.253 bits per heavy atom. The summed E-state index contributed by atoms with van der Waals surface area (Å²) in [7, 11) is 0. The molecule has 454 valence electrons. The molecule has 2 spiro atoms. The minimum absolute atomic E-state index is 0.129. The molecule has 0 aromatic rings. The van der Waals surface area contributed by atoms with Crippen molar-refractivity contribution in [2.24, 2.45) is 236 Å². The number of hydrogen-bond acceptors (Lipinski definition) is 1. The Bertz CT molecular complexity index is 1850. The maximum atomic E-state index is 13.8. The summed E-state index contributed by atoms with van der Waals surface area (Å²) >= 11 is 0. The lowest BCUT2D eigenvalue weighted by Crippen LogP contribution is -2.47. The molecule has 0 amide bonds. The zero-order valence-electron chi connectivity index (χ0n) is 57.0. The average molecular weight is 1090 g/mol. The predicted molar refractivity (Wildman–Crippen MR) is 339 cm³/mol. The molecular weight excluding hydrogens is 953 g/mol. The van der Waals surface area contributed by atoms with E-state index in [9.17, 15) is 4.79 Å². The van der Waals surface area contributed by atoms with E-state index in [2.05, 4.69) is 166 Å². The van der Waals surface area contributed by atoms with Gasteiger partial charge in [-0.05, 0) is 308 Å². The fourth-order valence-corrected chi connectivity index (χ4v) is 27.0. The molecule has 30 unspecified atom stereocenters. The van der Waals surface area contributed by atoms with Crippen LogP contribution in [0.1, 0.15) is 250 Å². The number of fused-ring (bicyclic) bond motifs is 20. The van der Waals surface area contributed by atoms with Crippen molar-refractivity contribution in [1.82, 2.24) is 0 Å². The first-order valence-corrected chi connectivity index (χ1v) is 36.6. The summed E-state index contributed by atoms with van der Waals surface area (Å²) in [4.78, 5) is 13.8.